The van der Waals surface area contributed by atoms with Crippen molar-refractivity contribution >= 4 is 5.97 Å². The van der Waals surface area contributed by atoms with Crippen molar-refractivity contribution in [3.8, 4) is 0 Å². The first-order chi connectivity index (χ1) is 5.81. The van der Waals surface area contributed by atoms with Gasteiger partial charge in [-0.15, -0.1) is 0 Å². The zero-order valence-electron chi connectivity index (χ0n) is 7.81. The molecule has 3 N–H and O–H groups in total. The maximum absolute atomic E-state index is 13.0. The predicted octanol–water partition coefficient (Wildman–Crippen LogP) is 1.47. The zero-order valence-corrected chi connectivity index (χ0v) is 7.81. The van der Waals surface area contributed by atoms with Crippen molar-refractivity contribution in [1.82, 2.24) is 0 Å². The molecule has 0 aliphatic carbocycles. The minimum Gasteiger partial charge on any atom is -0.481 e. The lowest BCUT2D eigenvalue weighted by Gasteiger charge is -2.33. The van der Waals surface area contributed by atoms with Gasteiger partial charge in [-0.3, -0.25) is 4.79 Å². The van der Waals surface area contributed by atoms with Gasteiger partial charge >= 0.3 is 5.97 Å². The Labute approximate surface area is 75.9 Å². The maximum atomic E-state index is 13.0. The van der Waals surface area contributed by atoms with Gasteiger partial charge in [-0.1, -0.05) is 13.3 Å². The molecule has 0 radical (unpaired) electrons. The molecule has 0 saturated heterocycles. The minimum absolute atomic E-state index is 0.109. The Morgan fingerprint density at radius 1 is 1.54 bits per heavy atom. The predicted molar refractivity (Wildman–Crippen MR) is 44.7 cm³/mol. The summed E-state index contributed by atoms with van der Waals surface area (Å²) >= 11 is 0. The van der Waals surface area contributed by atoms with E-state index >= 15 is 0 Å². The molecule has 78 valence electrons. The highest BCUT2D eigenvalue weighted by molar-refractivity contribution is 5.76. The molecule has 0 aromatic carbocycles. The minimum atomic E-state index is -3.29. The second kappa shape index (κ2) is 4.00. The summed E-state index contributed by atoms with van der Waals surface area (Å²) in [6.45, 7) is 1.71. The fourth-order valence-electron chi connectivity index (χ4n) is 1.31. The van der Waals surface area contributed by atoms with Crippen LogP contribution < -0.4 is 5.73 Å². The number of hydrogen-bond donors (Lipinski definition) is 2. The average molecular weight is 195 g/mol. The van der Waals surface area contributed by atoms with E-state index in [1.165, 1.54) is 0 Å². The van der Waals surface area contributed by atoms with Crippen molar-refractivity contribution in [3.63, 3.8) is 0 Å². The van der Waals surface area contributed by atoms with E-state index in [-0.39, 0.29) is 6.42 Å². The van der Waals surface area contributed by atoms with Gasteiger partial charge in [0.05, 0.1) is 0 Å². The van der Waals surface area contributed by atoms with Crippen LogP contribution in [0.5, 0.6) is 0 Å². The molecule has 1 atom stereocenters. The van der Waals surface area contributed by atoms with Crippen LogP contribution in [0.3, 0.4) is 0 Å². The zero-order chi connectivity index (χ0) is 10.7. The first-order valence-electron chi connectivity index (χ1n) is 4.13. The second-order valence-corrected chi connectivity index (χ2v) is 3.23. The summed E-state index contributed by atoms with van der Waals surface area (Å²) in [4.78, 5) is 10.7. The number of nitrogens with two attached hydrogens (primary N) is 1. The molecule has 0 heterocycles. The molecule has 0 spiro atoms. The summed E-state index contributed by atoms with van der Waals surface area (Å²) in [5.41, 5.74) is 3.01. The van der Waals surface area contributed by atoms with Gasteiger partial charge < -0.3 is 10.8 Å². The van der Waals surface area contributed by atoms with E-state index in [2.05, 4.69) is 0 Å². The second-order valence-electron chi connectivity index (χ2n) is 3.23. The molecule has 3 nitrogen and oxygen atoms in total. The van der Waals surface area contributed by atoms with Gasteiger partial charge in [0.2, 0.25) is 0 Å². The largest absolute Gasteiger partial charge is 0.481 e. The van der Waals surface area contributed by atoms with E-state index in [0.29, 0.717) is 13.3 Å². The van der Waals surface area contributed by atoms with Crippen molar-refractivity contribution in [2.24, 2.45) is 11.1 Å². The summed E-state index contributed by atoms with van der Waals surface area (Å²) in [6.07, 6.45) is 0.259. The lowest BCUT2D eigenvalue weighted by molar-refractivity contribution is -0.175. The smallest absolute Gasteiger partial charge is 0.317 e. The molecule has 0 aliphatic heterocycles. The van der Waals surface area contributed by atoms with E-state index in [1.807, 2.05) is 0 Å². The molecule has 0 bridgehead atoms. The van der Waals surface area contributed by atoms with Crippen LogP contribution in [0.2, 0.25) is 0 Å². The SMILES string of the molecule is CCCC(CN)(C(=O)O)C(C)(F)F. The summed E-state index contributed by atoms with van der Waals surface area (Å²) < 4.78 is 26.0. The van der Waals surface area contributed by atoms with Gasteiger partial charge in [-0.2, -0.15) is 0 Å². The Bertz CT molecular complexity index is 191. The molecular weight excluding hydrogens is 180 g/mol. The molecule has 13 heavy (non-hydrogen) atoms. The van der Waals surface area contributed by atoms with E-state index in [1.54, 1.807) is 6.92 Å². The molecule has 0 aromatic heterocycles. The molecule has 1 unspecified atom stereocenters. The number of rotatable bonds is 5. The normalized spacial score (nSPS) is 16.7. The highest BCUT2D eigenvalue weighted by atomic mass is 19.3. The quantitative estimate of drug-likeness (QED) is 0.698. The highest BCUT2D eigenvalue weighted by Crippen LogP contribution is 2.39. The standard InChI is InChI=1S/C8H15F2NO2/c1-3-4-8(5-11,6(12)13)7(2,9)10/h3-5,11H2,1-2H3,(H,12,13). The molecule has 0 fully saturated rings. The van der Waals surface area contributed by atoms with E-state index < -0.39 is 23.9 Å². The van der Waals surface area contributed by atoms with Crippen LogP contribution in [0.1, 0.15) is 26.7 Å². The number of carboxylic acids is 1. The third kappa shape index (κ3) is 2.15. The third-order valence-corrected chi connectivity index (χ3v) is 2.27. The van der Waals surface area contributed by atoms with Crippen LogP contribution in [0.15, 0.2) is 0 Å². The van der Waals surface area contributed by atoms with E-state index in [4.69, 9.17) is 10.8 Å². The fourth-order valence-corrected chi connectivity index (χ4v) is 1.31. The number of hydrogen-bond acceptors (Lipinski definition) is 2. The fraction of sp³-hybridized carbons (Fsp3) is 0.875. The number of carbonyl (C=O) groups is 1. The Balaban J connectivity index is 4.98. The number of carboxylic acid groups (broad SMARTS) is 1. The number of alkyl halides is 2. The summed E-state index contributed by atoms with van der Waals surface area (Å²) in [5.74, 6) is -4.81. The van der Waals surface area contributed by atoms with Crippen LogP contribution in [0.4, 0.5) is 8.78 Å². The summed E-state index contributed by atoms with van der Waals surface area (Å²) in [6, 6.07) is 0. The van der Waals surface area contributed by atoms with Crippen LogP contribution in [-0.2, 0) is 4.79 Å². The van der Waals surface area contributed by atoms with Crippen molar-refractivity contribution < 1.29 is 18.7 Å². The lowest BCUT2D eigenvalue weighted by atomic mass is 9.78. The molecule has 0 aliphatic rings. The first kappa shape index (κ1) is 12.3. The van der Waals surface area contributed by atoms with Gasteiger partial charge in [-0.25, -0.2) is 8.78 Å². The Morgan fingerprint density at radius 2 is 2.00 bits per heavy atom. The van der Waals surface area contributed by atoms with Gasteiger partial charge in [0, 0.05) is 13.5 Å². The molecule has 0 amide bonds. The lowest BCUT2D eigenvalue weighted by Crippen LogP contribution is -2.51. The summed E-state index contributed by atoms with van der Waals surface area (Å²) in [5, 5.41) is 8.73. The Morgan fingerprint density at radius 3 is 2.08 bits per heavy atom. The van der Waals surface area contributed by atoms with Crippen molar-refractivity contribution in [2.45, 2.75) is 32.6 Å². The van der Waals surface area contributed by atoms with Gasteiger partial charge in [0.25, 0.3) is 5.92 Å². The average Bonchev–Trinajstić information content (AvgIpc) is 1.96. The van der Waals surface area contributed by atoms with E-state index in [0.717, 1.165) is 0 Å². The molecule has 0 rings (SSSR count). The van der Waals surface area contributed by atoms with Gasteiger partial charge in [0.1, 0.15) is 5.41 Å². The monoisotopic (exact) mass is 195 g/mol. The van der Waals surface area contributed by atoms with Crippen LogP contribution in [0.25, 0.3) is 0 Å². The van der Waals surface area contributed by atoms with Crippen molar-refractivity contribution in [3.05, 3.63) is 0 Å². The molecule has 0 saturated carbocycles. The van der Waals surface area contributed by atoms with Crippen LogP contribution in [0, 0.1) is 5.41 Å². The molecular formula is C8H15F2NO2. The van der Waals surface area contributed by atoms with Crippen LogP contribution in [-0.4, -0.2) is 23.5 Å². The van der Waals surface area contributed by atoms with Crippen molar-refractivity contribution in [2.75, 3.05) is 6.54 Å². The Kier molecular flexibility index (Phi) is 3.78. The number of aliphatic carboxylic acids is 1. The molecule has 0 aromatic rings. The maximum Gasteiger partial charge on any atom is 0.317 e. The molecule has 5 heteroatoms. The van der Waals surface area contributed by atoms with Crippen molar-refractivity contribution in [1.29, 1.82) is 0 Å². The number of halogens is 2. The van der Waals surface area contributed by atoms with Gasteiger partial charge in [0.15, 0.2) is 0 Å². The third-order valence-electron chi connectivity index (χ3n) is 2.27. The van der Waals surface area contributed by atoms with Gasteiger partial charge in [-0.05, 0) is 6.42 Å². The van der Waals surface area contributed by atoms with Crippen LogP contribution >= 0.6 is 0 Å². The Hall–Kier alpha value is -0.710. The highest BCUT2D eigenvalue weighted by Gasteiger charge is 2.54. The topological polar surface area (TPSA) is 63.3 Å². The summed E-state index contributed by atoms with van der Waals surface area (Å²) in [7, 11) is 0. The van der Waals surface area contributed by atoms with E-state index in [9.17, 15) is 13.6 Å². The first-order valence-corrected chi connectivity index (χ1v) is 4.13.